The number of hydrogen-bond donors (Lipinski definition) is 2. The van der Waals surface area contributed by atoms with Crippen molar-refractivity contribution in [1.82, 2.24) is 9.97 Å². The molecule has 1 aromatic carbocycles. The molecule has 3 rings (SSSR count). The van der Waals surface area contributed by atoms with Crippen LogP contribution in [-0.4, -0.2) is 34.8 Å². The Morgan fingerprint density at radius 1 is 1.25 bits per heavy atom. The summed E-state index contributed by atoms with van der Waals surface area (Å²) in [4.78, 5) is 9.68. The van der Waals surface area contributed by atoms with E-state index in [1.165, 1.54) is 0 Å². The van der Waals surface area contributed by atoms with Crippen LogP contribution in [0, 0.1) is 0 Å². The Morgan fingerprint density at radius 3 is 2.75 bits per heavy atom. The number of ether oxygens (including phenoxy) is 1. The molecule has 1 unspecified atom stereocenters. The smallest absolute Gasteiger partial charge is 0.138 e. The fourth-order valence-electron chi connectivity index (χ4n) is 2.64. The summed E-state index contributed by atoms with van der Waals surface area (Å²) in [6.45, 7) is 2.55. The van der Waals surface area contributed by atoms with Gasteiger partial charge in [0.1, 0.15) is 22.7 Å². The third-order valence-electron chi connectivity index (χ3n) is 3.90. The molecule has 0 amide bonds. The van der Waals surface area contributed by atoms with Gasteiger partial charge in [0.25, 0.3) is 0 Å². The number of thiophene rings is 1. The molecule has 0 aliphatic heterocycles. The summed E-state index contributed by atoms with van der Waals surface area (Å²) in [5.41, 5.74) is 2.18. The molecule has 0 spiro atoms. The lowest BCUT2D eigenvalue weighted by Gasteiger charge is -2.12. The number of hydrogen-bond acceptors (Lipinski definition) is 6. The van der Waals surface area contributed by atoms with Crippen LogP contribution in [0.4, 0.5) is 5.82 Å². The van der Waals surface area contributed by atoms with Crippen LogP contribution in [-0.2, 0) is 0 Å². The van der Waals surface area contributed by atoms with Gasteiger partial charge in [0.2, 0.25) is 0 Å². The maximum absolute atomic E-state index is 9.96. The first-order chi connectivity index (χ1) is 11.7. The van der Waals surface area contributed by atoms with Crippen molar-refractivity contribution in [3.8, 4) is 16.9 Å². The second kappa shape index (κ2) is 7.59. The van der Waals surface area contributed by atoms with Gasteiger partial charge in [-0.3, -0.25) is 0 Å². The van der Waals surface area contributed by atoms with Gasteiger partial charge in [0.15, 0.2) is 0 Å². The summed E-state index contributed by atoms with van der Waals surface area (Å²) in [7, 11) is 1.66. The maximum atomic E-state index is 9.96. The number of aromatic nitrogens is 2. The van der Waals surface area contributed by atoms with Gasteiger partial charge in [-0.05, 0) is 24.1 Å². The zero-order valence-electron chi connectivity index (χ0n) is 13.8. The fourth-order valence-corrected chi connectivity index (χ4v) is 3.56. The minimum atomic E-state index is -0.372. The Hall–Kier alpha value is -2.18. The number of aliphatic hydroxyl groups is 1. The SMILES string of the molecule is CCCC(O)CNc1ncnc2scc(-c3ccc(OC)cc3)c12. The molecule has 0 aliphatic rings. The molecule has 2 aromatic heterocycles. The van der Waals surface area contributed by atoms with Crippen LogP contribution in [0.5, 0.6) is 5.75 Å². The van der Waals surface area contributed by atoms with E-state index in [2.05, 4.69) is 27.6 Å². The zero-order chi connectivity index (χ0) is 16.9. The predicted molar refractivity (Wildman–Crippen MR) is 98.8 cm³/mol. The average molecular weight is 343 g/mol. The van der Waals surface area contributed by atoms with Crippen molar-refractivity contribution in [2.75, 3.05) is 19.0 Å². The number of benzene rings is 1. The lowest BCUT2D eigenvalue weighted by Crippen LogP contribution is -2.19. The van der Waals surface area contributed by atoms with Crippen LogP contribution < -0.4 is 10.1 Å². The molecule has 1 atom stereocenters. The van der Waals surface area contributed by atoms with E-state index < -0.39 is 0 Å². The van der Waals surface area contributed by atoms with Crippen molar-refractivity contribution < 1.29 is 9.84 Å². The van der Waals surface area contributed by atoms with Gasteiger partial charge in [-0.15, -0.1) is 11.3 Å². The first-order valence-corrected chi connectivity index (χ1v) is 8.89. The van der Waals surface area contributed by atoms with Gasteiger partial charge < -0.3 is 15.2 Å². The van der Waals surface area contributed by atoms with Gasteiger partial charge in [-0.2, -0.15) is 0 Å². The summed E-state index contributed by atoms with van der Waals surface area (Å²) in [5, 5.41) is 16.3. The van der Waals surface area contributed by atoms with E-state index in [1.807, 2.05) is 24.3 Å². The van der Waals surface area contributed by atoms with Crippen molar-refractivity contribution >= 4 is 27.4 Å². The fraction of sp³-hybridized carbons (Fsp3) is 0.333. The molecule has 0 saturated heterocycles. The third kappa shape index (κ3) is 3.49. The lowest BCUT2D eigenvalue weighted by molar-refractivity contribution is 0.176. The van der Waals surface area contributed by atoms with Gasteiger partial charge in [-0.25, -0.2) is 9.97 Å². The highest BCUT2D eigenvalue weighted by molar-refractivity contribution is 7.17. The number of nitrogens with zero attached hydrogens (tertiary/aromatic N) is 2. The van der Waals surface area contributed by atoms with E-state index in [9.17, 15) is 5.11 Å². The highest BCUT2D eigenvalue weighted by Crippen LogP contribution is 2.36. The molecule has 0 saturated carbocycles. The molecular formula is C18H21N3O2S. The quantitative estimate of drug-likeness (QED) is 0.680. The third-order valence-corrected chi connectivity index (χ3v) is 4.78. The highest BCUT2D eigenvalue weighted by Gasteiger charge is 2.14. The van der Waals surface area contributed by atoms with E-state index in [0.29, 0.717) is 6.54 Å². The maximum Gasteiger partial charge on any atom is 0.138 e. The molecule has 0 fully saturated rings. The van der Waals surface area contributed by atoms with Crippen LogP contribution >= 0.6 is 11.3 Å². The molecule has 0 radical (unpaired) electrons. The molecule has 3 aromatic rings. The Balaban J connectivity index is 1.94. The normalized spacial score (nSPS) is 12.3. The van der Waals surface area contributed by atoms with Crippen LogP contribution in [0.3, 0.4) is 0 Å². The largest absolute Gasteiger partial charge is 0.497 e. The second-order valence-corrected chi connectivity index (χ2v) is 6.46. The molecule has 2 N–H and O–H groups in total. The number of aliphatic hydroxyl groups excluding tert-OH is 1. The number of methoxy groups -OCH3 is 1. The van der Waals surface area contributed by atoms with Crippen LogP contribution in [0.25, 0.3) is 21.3 Å². The zero-order valence-corrected chi connectivity index (χ0v) is 14.6. The molecule has 0 bridgehead atoms. The molecule has 24 heavy (non-hydrogen) atoms. The molecular weight excluding hydrogens is 322 g/mol. The first-order valence-electron chi connectivity index (χ1n) is 8.01. The van der Waals surface area contributed by atoms with Gasteiger partial charge in [0, 0.05) is 17.5 Å². The van der Waals surface area contributed by atoms with Gasteiger partial charge >= 0.3 is 0 Å². The summed E-state index contributed by atoms with van der Waals surface area (Å²) in [5.74, 6) is 1.60. The predicted octanol–water partition coefficient (Wildman–Crippen LogP) is 3.94. The first kappa shape index (κ1) is 16.7. The van der Waals surface area contributed by atoms with E-state index in [-0.39, 0.29) is 6.10 Å². The molecule has 126 valence electrons. The summed E-state index contributed by atoms with van der Waals surface area (Å²) < 4.78 is 5.22. The van der Waals surface area contributed by atoms with Crippen molar-refractivity contribution in [2.45, 2.75) is 25.9 Å². The standard InChI is InChI=1S/C18H21N3O2S/c1-3-4-13(22)9-19-17-16-15(10-24-18(16)21-11-20-17)12-5-7-14(23-2)8-6-12/h5-8,10-11,13,22H,3-4,9H2,1-2H3,(H,19,20,21). The number of nitrogens with one attached hydrogen (secondary N) is 1. The number of anilines is 1. The Labute approximate surface area is 145 Å². The van der Waals surface area contributed by atoms with E-state index >= 15 is 0 Å². The van der Waals surface area contributed by atoms with E-state index in [4.69, 9.17) is 4.74 Å². The van der Waals surface area contributed by atoms with Crippen molar-refractivity contribution in [3.63, 3.8) is 0 Å². The van der Waals surface area contributed by atoms with E-state index in [1.54, 1.807) is 24.8 Å². The van der Waals surface area contributed by atoms with E-state index in [0.717, 1.165) is 45.8 Å². The summed E-state index contributed by atoms with van der Waals surface area (Å²) in [6.07, 6.45) is 2.92. The molecule has 2 heterocycles. The Bertz CT molecular complexity index is 802. The summed E-state index contributed by atoms with van der Waals surface area (Å²) >= 11 is 1.59. The van der Waals surface area contributed by atoms with Crippen molar-refractivity contribution in [1.29, 1.82) is 0 Å². The Morgan fingerprint density at radius 2 is 2.04 bits per heavy atom. The van der Waals surface area contributed by atoms with Crippen molar-refractivity contribution in [3.05, 3.63) is 36.0 Å². The average Bonchev–Trinajstić information content (AvgIpc) is 3.05. The minimum absolute atomic E-state index is 0.372. The number of fused-ring (bicyclic) bond motifs is 1. The van der Waals surface area contributed by atoms with Crippen LogP contribution in [0.1, 0.15) is 19.8 Å². The number of rotatable bonds is 7. The highest BCUT2D eigenvalue weighted by atomic mass is 32.1. The van der Waals surface area contributed by atoms with Crippen molar-refractivity contribution in [2.24, 2.45) is 0 Å². The molecule has 5 nitrogen and oxygen atoms in total. The van der Waals surface area contributed by atoms with Gasteiger partial charge in [-0.1, -0.05) is 25.5 Å². The Kier molecular flexibility index (Phi) is 5.27. The summed E-state index contributed by atoms with van der Waals surface area (Å²) in [6, 6.07) is 7.95. The van der Waals surface area contributed by atoms with Gasteiger partial charge in [0.05, 0.1) is 18.6 Å². The van der Waals surface area contributed by atoms with Crippen LogP contribution in [0.2, 0.25) is 0 Å². The topological polar surface area (TPSA) is 67.3 Å². The van der Waals surface area contributed by atoms with Crippen LogP contribution in [0.15, 0.2) is 36.0 Å². The monoisotopic (exact) mass is 343 g/mol. The lowest BCUT2D eigenvalue weighted by atomic mass is 10.1. The molecule has 6 heteroatoms. The molecule has 0 aliphatic carbocycles. The second-order valence-electron chi connectivity index (χ2n) is 5.60. The minimum Gasteiger partial charge on any atom is -0.497 e.